The smallest absolute Gasteiger partial charge is 0.422 e. The number of carbonyl (C=O) groups excluding carboxylic acids is 1. The van der Waals surface area contributed by atoms with Crippen LogP contribution in [0, 0.1) is 0 Å². The zero-order valence-corrected chi connectivity index (χ0v) is 14.1. The van der Waals surface area contributed by atoms with Crippen LogP contribution in [0.25, 0.3) is 0 Å². The molecule has 2 rings (SSSR count). The van der Waals surface area contributed by atoms with E-state index in [1.807, 2.05) is 0 Å². The van der Waals surface area contributed by atoms with E-state index in [4.69, 9.17) is 0 Å². The highest BCUT2D eigenvalue weighted by Gasteiger charge is 2.31. The van der Waals surface area contributed by atoms with E-state index < -0.39 is 42.5 Å². The Hall–Kier alpha value is -2.98. The van der Waals surface area contributed by atoms with Crippen LogP contribution in [-0.2, 0) is 24.1 Å². The topological polar surface area (TPSA) is 60.3 Å². The van der Waals surface area contributed by atoms with Gasteiger partial charge in [-0.2, -0.15) is 26.3 Å². The molecule has 0 saturated heterocycles. The van der Waals surface area contributed by atoms with E-state index in [-0.39, 0.29) is 12.3 Å². The lowest BCUT2D eigenvalue weighted by Crippen LogP contribution is -2.32. The highest BCUT2D eigenvalue weighted by Crippen LogP contribution is 2.28. The number of nitrogens with zero attached hydrogens (tertiary/aromatic N) is 1. The monoisotopic (exact) mass is 408 g/mol. The Morgan fingerprint density at radius 3 is 2.21 bits per heavy atom. The molecule has 0 aliphatic rings. The molecule has 1 aromatic carbocycles. The molecule has 28 heavy (non-hydrogen) atoms. The predicted octanol–water partition coefficient (Wildman–Crippen LogP) is 3.12. The standard InChI is InChI=1S/C17H14F6N2O3/c18-16(19,20)10-28-13-4-1-11(2-5-13)7-24-14(26)9-25-8-12(17(21,22)23)3-6-15(25)27/h1-6,8H,7,9-10H2,(H,24,26). The van der Waals surface area contributed by atoms with Gasteiger partial charge in [0.2, 0.25) is 5.91 Å². The SMILES string of the molecule is O=C(Cn1cc(C(F)(F)F)ccc1=O)NCc1ccc(OCC(F)(F)F)cc1. The number of aromatic nitrogens is 1. The molecule has 0 aliphatic carbocycles. The Kier molecular flexibility index (Phi) is 6.37. The van der Waals surface area contributed by atoms with Crippen LogP contribution in [0.2, 0.25) is 0 Å². The first-order valence-corrected chi connectivity index (χ1v) is 7.77. The van der Waals surface area contributed by atoms with Crippen LogP contribution in [0.3, 0.4) is 0 Å². The Balaban J connectivity index is 1.92. The average molecular weight is 408 g/mol. The van der Waals surface area contributed by atoms with Crippen LogP contribution in [0.15, 0.2) is 47.4 Å². The number of rotatable bonds is 6. The predicted molar refractivity (Wildman–Crippen MR) is 85.5 cm³/mol. The van der Waals surface area contributed by atoms with Crippen LogP contribution in [0.5, 0.6) is 5.75 Å². The van der Waals surface area contributed by atoms with Gasteiger partial charge in [-0.3, -0.25) is 9.59 Å². The molecular weight excluding hydrogens is 394 g/mol. The summed E-state index contributed by atoms with van der Waals surface area (Å²) in [6.45, 7) is -2.09. The number of hydrogen-bond donors (Lipinski definition) is 1. The summed E-state index contributed by atoms with van der Waals surface area (Å²) in [7, 11) is 0. The fraction of sp³-hybridized carbons (Fsp3) is 0.294. The molecule has 0 saturated carbocycles. The van der Waals surface area contributed by atoms with E-state index in [1.165, 1.54) is 24.3 Å². The van der Waals surface area contributed by atoms with Gasteiger partial charge < -0.3 is 14.6 Å². The molecule has 0 aliphatic heterocycles. The Morgan fingerprint density at radius 2 is 1.64 bits per heavy atom. The number of pyridine rings is 1. The number of ether oxygens (including phenoxy) is 1. The lowest BCUT2D eigenvalue weighted by atomic mass is 10.2. The molecule has 152 valence electrons. The molecule has 2 aromatic rings. The Labute approximate surface area is 154 Å². The number of amides is 1. The van der Waals surface area contributed by atoms with Crippen molar-refractivity contribution in [3.8, 4) is 5.75 Å². The molecule has 1 heterocycles. The van der Waals surface area contributed by atoms with Crippen LogP contribution in [-0.4, -0.2) is 23.3 Å². The molecule has 0 fully saturated rings. The highest BCUT2D eigenvalue weighted by atomic mass is 19.4. The molecule has 0 atom stereocenters. The minimum absolute atomic E-state index is 0.0112. The Bertz CT molecular complexity index is 872. The zero-order chi connectivity index (χ0) is 20.9. The van der Waals surface area contributed by atoms with Gasteiger partial charge in [-0.05, 0) is 23.8 Å². The minimum atomic E-state index is -4.65. The number of carbonyl (C=O) groups is 1. The lowest BCUT2D eigenvalue weighted by molar-refractivity contribution is -0.153. The molecule has 1 N–H and O–H groups in total. The normalized spacial score (nSPS) is 11.9. The first-order valence-electron chi connectivity index (χ1n) is 7.77. The lowest BCUT2D eigenvalue weighted by Gasteiger charge is -2.11. The summed E-state index contributed by atoms with van der Waals surface area (Å²) >= 11 is 0. The van der Waals surface area contributed by atoms with Gasteiger partial charge in [-0.25, -0.2) is 0 Å². The van der Waals surface area contributed by atoms with Crippen LogP contribution in [0.4, 0.5) is 26.3 Å². The summed E-state index contributed by atoms with van der Waals surface area (Å²) in [6, 6.07) is 6.74. The molecule has 1 amide bonds. The van der Waals surface area contributed by atoms with Crippen molar-refractivity contribution in [1.82, 2.24) is 9.88 Å². The van der Waals surface area contributed by atoms with E-state index in [1.54, 1.807) is 0 Å². The van der Waals surface area contributed by atoms with Gasteiger partial charge >= 0.3 is 12.4 Å². The van der Waals surface area contributed by atoms with Gasteiger partial charge in [-0.15, -0.1) is 0 Å². The third-order valence-corrected chi connectivity index (χ3v) is 3.44. The number of nitrogens with one attached hydrogen (secondary N) is 1. The van der Waals surface area contributed by atoms with Gasteiger partial charge in [0.05, 0.1) is 5.56 Å². The summed E-state index contributed by atoms with van der Waals surface area (Å²) in [5, 5.41) is 2.41. The summed E-state index contributed by atoms with van der Waals surface area (Å²) < 4.78 is 79.4. The van der Waals surface area contributed by atoms with Crippen molar-refractivity contribution in [1.29, 1.82) is 0 Å². The second kappa shape index (κ2) is 8.36. The molecule has 0 spiro atoms. The zero-order valence-electron chi connectivity index (χ0n) is 14.1. The van der Waals surface area contributed by atoms with Gasteiger partial charge in [-0.1, -0.05) is 12.1 Å². The van der Waals surface area contributed by atoms with Gasteiger partial charge in [0.15, 0.2) is 6.61 Å². The summed E-state index contributed by atoms with van der Waals surface area (Å²) in [5.41, 5.74) is -1.31. The van der Waals surface area contributed by atoms with E-state index in [0.717, 1.165) is 6.07 Å². The van der Waals surface area contributed by atoms with Gasteiger partial charge in [0, 0.05) is 18.8 Å². The molecule has 11 heteroatoms. The second-order valence-electron chi connectivity index (χ2n) is 5.71. The van der Waals surface area contributed by atoms with E-state index in [9.17, 15) is 35.9 Å². The molecule has 0 radical (unpaired) electrons. The van der Waals surface area contributed by atoms with E-state index in [0.29, 0.717) is 22.4 Å². The number of hydrogen-bond acceptors (Lipinski definition) is 3. The van der Waals surface area contributed by atoms with Crippen LogP contribution >= 0.6 is 0 Å². The van der Waals surface area contributed by atoms with Crippen molar-refractivity contribution in [2.24, 2.45) is 0 Å². The minimum Gasteiger partial charge on any atom is -0.484 e. The van der Waals surface area contributed by atoms with Crippen molar-refractivity contribution >= 4 is 5.91 Å². The molecule has 0 unspecified atom stereocenters. The first-order chi connectivity index (χ1) is 12.9. The van der Waals surface area contributed by atoms with Crippen molar-refractivity contribution in [2.45, 2.75) is 25.4 Å². The van der Waals surface area contributed by atoms with Crippen molar-refractivity contribution < 1.29 is 35.9 Å². The van der Waals surface area contributed by atoms with Crippen LogP contribution in [0.1, 0.15) is 11.1 Å². The third kappa shape index (κ3) is 6.63. The molecule has 5 nitrogen and oxygen atoms in total. The van der Waals surface area contributed by atoms with E-state index >= 15 is 0 Å². The number of alkyl halides is 6. The highest BCUT2D eigenvalue weighted by molar-refractivity contribution is 5.75. The molecule has 1 aromatic heterocycles. The van der Waals surface area contributed by atoms with Crippen molar-refractivity contribution in [3.05, 3.63) is 64.1 Å². The van der Waals surface area contributed by atoms with Crippen LogP contribution < -0.4 is 15.6 Å². The summed E-state index contributed by atoms with van der Waals surface area (Å²) in [6.07, 6.45) is -8.56. The fourth-order valence-corrected chi connectivity index (χ4v) is 2.10. The fourth-order valence-electron chi connectivity index (χ4n) is 2.10. The van der Waals surface area contributed by atoms with Crippen molar-refractivity contribution in [2.75, 3.05) is 6.61 Å². The average Bonchev–Trinajstić information content (AvgIpc) is 2.59. The van der Waals surface area contributed by atoms with Gasteiger partial charge in [0.1, 0.15) is 12.3 Å². The number of benzene rings is 1. The van der Waals surface area contributed by atoms with Crippen molar-refractivity contribution in [3.63, 3.8) is 0 Å². The summed E-state index contributed by atoms with van der Waals surface area (Å²) in [5.74, 6) is -0.721. The second-order valence-corrected chi connectivity index (χ2v) is 5.71. The Morgan fingerprint density at radius 1 is 1.00 bits per heavy atom. The van der Waals surface area contributed by atoms with Gasteiger partial charge in [0.25, 0.3) is 5.56 Å². The maximum Gasteiger partial charge on any atom is 0.422 e. The van der Waals surface area contributed by atoms with E-state index in [2.05, 4.69) is 10.1 Å². The number of halogens is 6. The maximum absolute atomic E-state index is 12.7. The quantitative estimate of drug-likeness (QED) is 0.748. The maximum atomic E-state index is 12.7. The summed E-state index contributed by atoms with van der Waals surface area (Å²) in [4.78, 5) is 23.5. The first kappa shape index (κ1) is 21.3. The molecule has 0 bridgehead atoms. The molecular formula is C17H14F6N2O3. The largest absolute Gasteiger partial charge is 0.484 e. The third-order valence-electron chi connectivity index (χ3n) is 3.44.